The summed E-state index contributed by atoms with van der Waals surface area (Å²) in [7, 11) is 0. The number of hydrogen-bond donors (Lipinski definition) is 4. The van der Waals surface area contributed by atoms with Crippen LogP contribution in [0.3, 0.4) is 0 Å². The molecule has 0 aromatic heterocycles. The van der Waals surface area contributed by atoms with E-state index < -0.39 is 24.7 Å². The van der Waals surface area contributed by atoms with Gasteiger partial charge < -0.3 is 25.8 Å². The van der Waals surface area contributed by atoms with Crippen LogP contribution >= 0.6 is 11.6 Å². The molecular weight excluding hydrogens is 446 g/mol. The van der Waals surface area contributed by atoms with Crippen molar-refractivity contribution >= 4 is 29.3 Å². The van der Waals surface area contributed by atoms with Crippen LogP contribution in [-0.4, -0.2) is 46.9 Å². The standard InChI is InChI=1S/C21H21ClF2N4O4/c22-14-7-13(8-15(9-14)32-21(23)24)17(29)20(31)28-6-5-16(28)19(30)27-10-11-1-3-12(4-2-11)18(25)26/h1-4,7-9,16-17,21,29H,5-6,10H2,(H3,25,26)(H,27,30). The van der Waals surface area contributed by atoms with Gasteiger partial charge in [0.15, 0.2) is 6.10 Å². The SMILES string of the molecule is N=C(N)c1ccc(CNC(=O)C2CCN2C(=O)C(O)c2cc(Cl)cc(OC(F)F)c2)cc1. The third kappa shape index (κ3) is 5.51. The summed E-state index contributed by atoms with van der Waals surface area (Å²) in [6, 6.07) is 9.52. The highest BCUT2D eigenvalue weighted by Gasteiger charge is 2.40. The van der Waals surface area contributed by atoms with Gasteiger partial charge in [0.2, 0.25) is 5.91 Å². The van der Waals surface area contributed by atoms with E-state index in [1.165, 1.54) is 11.0 Å². The molecule has 0 aliphatic carbocycles. The Labute approximate surface area is 187 Å². The van der Waals surface area contributed by atoms with Gasteiger partial charge in [0.05, 0.1) is 0 Å². The summed E-state index contributed by atoms with van der Waals surface area (Å²) in [5.41, 5.74) is 6.73. The molecule has 32 heavy (non-hydrogen) atoms. The zero-order valence-electron chi connectivity index (χ0n) is 16.7. The molecular formula is C21H21ClF2N4O4. The number of aliphatic hydroxyl groups excluding tert-OH is 1. The Balaban J connectivity index is 1.61. The lowest BCUT2D eigenvalue weighted by Gasteiger charge is -2.40. The summed E-state index contributed by atoms with van der Waals surface area (Å²) in [6.07, 6.45) is -1.27. The number of aliphatic hydroxyl groups is 1. The smallest absolute Gasteiger partial charge is 0.387 e. The lowest BCUT2D eigenvalue weighted by atomic mass is 9.98. The topological polar surface area (TPSA) is 129 Å². The lowest BCUT2D eigenvalue weighted by molar-refractivity contribution is -0.154. The molecule has 1 aliphatic heterocycles. The van der Waals surface area contributed by atoms with Crippen molar-refractivity contribution in [3.8, 4) is 5.75 Å². The fraction of sp³-hybridized carbons (Fsp3) is 0.286. The molecule has 0 spiro atoms. The van der Waals surface area contributed by atoms with Crippen LogP contribution in [0.5, 0.6) is 5.75 Å². The quantitative estimate of drug-likeness (QED) is 0.350. The normalized spacial score (nSPS) is 16.3. The van der Waals surface area contributed by atoms with Gasteiger partial charge in [0.25, 0.3) is 5.91 Å². The zero-order valence-corrected chi connectivity index (χ0v) is 17.5. The highest BCUT2D eigenvalue weighted by atomic mass is 35.5. The van der Waals surface area contributed by atoms with Crippen molar-refractivity contribution in [2.75, 3.05) is 6.54 Å². The largest absolute Gasteiger partial charge is 0.435 e. The highest BCUT2D eigenvalue weighted by molar-refractivity contribution is 6.30. The molecule has 8 nitrogen and oxygen atoms in total. The van der Waals surface area contributed by atoms with Crippen LogP contribution in [0.2, 0.25) is 5.02 Å². The van der Waals surface area contributed by atoms with Crippen molar-refractivity contribution in [2.45, 2.75) is 31.7 Å². The maximum atomic E-state index is 12.7. The third-order valence-corrected chi connectivity index (χ3v) is 5.22. The van der Waals surface area contributed by atoms with E-state index in [0.717, 1.165) is 17.7 Å². The van der Waals surface area contributed by atoms with E-state index in [1.807, 2.05) is 0 Å². The summed E-state index contributed by atoms with van der Waals surface area (Å²) in [4.78, 5) is 26.4. The summed E-state index contributed by atoms with van der Waals surface area (Å²) >= 11 is 5.87. The van der Waals surface area contributed by atoms with Crippen molar-refractivity contribution in [2.24, 2.45) is 5.73 Å². The second-order valence-corrected chi connectivity index (χ2v) is 7.60. The Hall–Kier alpha value is -3.24. The minimum absolute atomic E-state index is 0.0127. The number of rotatable bonds is 8. The minimum Gasteiger partial charge on any atom is -0.435 e. The number of amidine groups is 1. The second kappa shape index (κ2) is 9.92. The first-order valence-corrected chi connectivity index (χ1v) is 9.98. The fourth-order valence-corrected chi connectivity index (χ4v) is 3.48. The van der Waals surface area contributed by atoms with Gasteiger partial charge in [0.1, 0.15) is 17.6 Å². The van der Waals surface area contributed by atoms with E-state index in [-0.39, 0.29) is 41.2 Å². The maximum absolute atomic E-state index is 12.7. The predicted octanol–water partition coefficient (Wildman–Crippen LogP) is 2.18. The van der Waals surface area contributed by atoms with Crippen molar-refractivity contribution in [1.29, 1.82) is 5.41 Å². The van der Waals surface area contributed by atoms with Gasteiger partial charge in [-0.1, -0.05) is 35.9 Å². The molecule has 0 radical (unpaired) electrons. The summed E-state index contributed by atoms with van der Waals surface area (Å²) in [5.74, 6) is -1.48. The number of carbonyl (C=O) groups excluding carboxylic acids is 2. The molecule has 2 aromatic carbocycles. The van der Waals surface area contributed by atoms with Gasteiger partial charge in [-0.05, 0) is 35.7 Å². The Morgan fingerprint density at radius 3 is 2.53 bits per heavy atom. The number of ether oxygens (including phenoxy) is 1. The molecule has 3 rings (SSSR count). The number of halogens is 3. The van der Waals surface area contributed by atoms with Gasteiger partial charge >= 0.3 is 6.61 Å². The monoisotopic (exact) mass is 466 g/mol. The fourth-order valence-electron chi connectivity index (χ4n) is 3.25. The number of nitrogens with two attached hydrogens (primary N) is 1. The number of likely N-dealkylation sites (tertiary alicyclic amines) is 1. The van der Waals surface area contributed by atoms with E-state index >= 15 is 0 Å². The Bertz CT molecular complexity index is 1020. The molecule has 2 atom stereocenters. The molecule has 2 unspecified atom stereocenters. The first-order valence-electron chi connectivity index (χ1n) is 9.60. The molecule has 1 fully saturated rings. The third-order valence-electron chi connectivity index (χ3n) is 5.01. The molecule has 1 heterocycles. The van der Waals surface area contributed by atoms with Gasteiger partial charge in [0, 0.05) is 23.7 Å². The van der Waals surface area contributed by atoms with E-state index in [4.69, 9.17) is 22.7 Å². The van der Waals surface area contributed by atoms with E-state index in [1.54, 1.807) is 24.3 Å². The van der Waals surface area contributed by atoms with Crippen LogP contribution in [0.1, 0.15) is 29.2 Å². The molecule has 0 bridgehead atoms. The van der Waals surface area contributed by atoms with Crippen LogP contribution in [0.15, 0.2) is 42.5 Å². The number of carbonyl (C=O) groups is 2. The van der Waals surface area contributed by atoms with Crippen molar-refractivity contribution in [1.82, 2.24) is 10.2 Å². The molecule has 2 amide bonds. The van der Waals surface area contributed by atoms with Crippen LogP contribution < -0.4 is 15.8 Å². The zero-order chi connectivity index (χ0) is 23.4. The van der Waals surface area contributed by atoms with E-state index in [2.05, 4.69) is 10.1 Å². The molecule has 5 N–H and O–H groups in total. The van der Waals surface area contributed by atoms with Crippen LogP contribution in [0.4, 0.5) is 8.78 Å². The number of amides is 2. The van der Waals surface area contributed by atoms with Crippen molar-refractivity contribution in [3.05, 3.63) is 64.2 Å². The summed E-state index contributed by atoms with van der Waals surface area (Å²) < 4.78 is 29.2. The second-order valence-electron chi connectivity index (χ2n) is 7.17. The van der Waals surface area contributed by atoms with Crippen LogP contribution in [-0.2, 0) is 16.1 Å². The highest BCUT2D eigenvalue weighted by Crippen LogP contribution is 2.29. The Morgan fingerprint density at radius 2 is 1.97 bits per heavy atom. The van der Waals surface area contributed by atoms with Crippen molar-refractivity contribution in [3.63, 3.8) is 0 Å². The minimum atomic E-state index is -3.09. The lowest BCUT2D eigenvalue weighted by Crippen LogP contribution is -2.59. The summed E-state index contributed by atoms with van der Waals surface area (Å²) in [6.45, 7) is -2.61. The van der Waals surface area contributed by atoms with Gasteiger partial charge in [-0.2, -0.15) is 8.78 Å². The molecule has 1 saturated heterocycles. The van der Waals surface area contributed by atoms with Crippen LogP contribution in [0, 0.1) is 5.41 Å². The maximum Gasteiger partial charge on any atom is 0.387 e. The number of benzene rings is 2. The molecule has 2 aromatic rings. The van der Waals surface area contributed by atoms with Gasteiger partial charge in [-0.25, -0.2) is 0 Å². The number of nitrogens with zero attached hydrogens (tertiary/aromatic N) is 1. The molecule has 170 valence electrons. The summed E-state index contributed by atoms with van der Waals surface area (Å²) in [5, 5.41) is 20.6. The molecule has 1 aliphatic rings. The predicted molar refractivity (Wildman–Crippen MR) is 112 cm³/mol. The number of alkyl halides is 2. The Morgan fingerprint density at radius 1 is 1.28 bits per heavy atom. The van der Waals surface area contributed by atoms with Crippen LogP contribution in [0.25, 0.3) is 0 Å². The Kier molecular flexibility index (Phi) is 7.26. The van der Waals surface area contributed by atoms with Gasteiger partial charge in [-0.3, -0.25) is 15.0 Å². The first kappa shape index (κ1) is 23.4. The average molecular weight is 467 g/mol. The molecule has 11 heteroatoms. The average Bonchev–Trinajstić information content (AvgIpc) is 2.70. The van der Waals surface area contributed by atoms with Gasteiger partial charge in [-0.15, -0.1) is 0 Å². The number of hydrogen-bond acceptors (Lipinski definition) is 5. The van der Waals surface area contributed by atoms with E-state index in [0.29, 0.717) is 12.0 Å². The number of nitrogen functional groups attached to an aromatic ring is 1. The van der Waals surface area contributed by atoms with E-state index in [9.17, 15) is 23.5 Å². The molecule has 0 saturated carbocycles. The number of nitrogens with one attached hydrogen (secondary N) is 2. The first-order chi connectivity index (χ1) is 15.2. The van der Waals surface area contributed by atoms with Crippen molar-refractivity contribution < 1.29 is 28.2 Å².